The SMILES string of the molecule is CCCCCCCCC=Cc1ccc(C(=O)N(Cc2ccccc2)OCC)cc1. The van der Waals surface area contributed by atoms with Gasteiger partial charge in [-0.15, -0.1) is 0 Å². The van der Waals surface area contributed by atoms with Crippen LogP contribution < -0.4 is 0 Å². The number of hydrogen-bond acceptors (Lipinski definition) is 2. The molecule has 0 fully saturated rings. The van der Waals surface area contributed by atoms with Crippen molar-refractivity contribution in [2.75, 3.05) is 6.61 Å². The molecule has 0 bridgehead atoms. The van der Waals surface area contributed by atoms with Gasteiger partial charge < -0.3 is 0 Å². The molecule has 0 atom stereocenters. The Morgan fingerprint density at radius 3 is 2.28 bits per heavy atom. The van der Waals surface area contributed by atoms with Crippen molar-refractivity contribution in [3.05, 3.63) is 77.4 Å². The molecule has 1 amide bonds. The van der Waals surface area contributed by atoms with Crippen LogP contribution in [0.1, 0.15) is 80.3 Å². The summed E-state index contributed by atoms with van der Waals surface area (Å²) in [6.07, 6.45) is 13.4. The molecule has 0 aliphatic rings. The van der Waals surface area contributed by atoms with E-state index in [1.165, 1.54) is 43.6 Å². The van der Waals surface area contributed by atoms with Gasteiger partial charge in [0.25, 0.3) is 5.91 Å². The molecule has 2 rings (SSSR count). The highest BCUT2D eigenvalue weighted by Crippen LogP contribution is 2.14. The maximum absolute atomic E-state index is 12.8. The quantitative estimate of drug-likeness (QED) is 0.270. The lowest BCUT2D eigenvalue weighted by molar-refractivity contribution is -0.125. The third kappa shape index (κ3) is 8.66. The summed E-state index contributed by atoms with van der Waals surface area (Å²) in [6, 6.07) is 17.7. The third-order valence-corrected chi connectivity index (χ3v) is 4.87. The molecule has 0 aliphatic heterocycles. The average molecular weight is 394 g/mol. The van der Waals surface area contributed by atoms with Crippen molar-refractivity contribution >= 4 is 12.0 Å². The van der Waals surface area contributed by atoms with Crippen molar-refractivity contribution in [3.8, 4) is 0 Å². The fourth-order valence-corrected chi connectivity index (χ4v) is 3.22. The molecule has 0 radical (unpaired) electrons. The molecular weight excluding hydrogens is 358 g/mol. The van der Waals surface area contributed by atoms with E-state index in [0.717, 1.165) is 17.5 Å². The summed E-state index contributed by atoms with van der Waals surface area (Å²) in [5.74, 6) is -0.113. The Labute approximate surface area is 176 Å². The fraction of sp³-hybridized carbons (Fsp3) is 0.423. The average Bonchev–Trinajstić information content (AvgIpc) is 2.76. The van der Waals surface area contributed by atoms with Crippen LogP contribution in [-0.2, 0) is 11.4 Å². The van der Waals surface area contributed by atoms with Crippen LogP contribution in [0.4, 0.5) is 0 Å². The first-order valence-corrected chi connectivity index (χ1v) is 11.0. The highest BCUT2D eigenvalue weighted by atomic mass is 16.7. The lowest BCUT2D eigenvalue weighted by atomic mass is 10.1. The maximum atomic E-state index is 12.8. The summed E-state index contributed by atoms with van der Waals surface area (Å²) in [4.78, 5) is 18.4. The zero-order valence-corrected chi connectivity index (χ0v) is 18.0. The second-order valence-electron chi connectivity index (χ2n) is 7.33. The molecule has 29 heavy (non-hydrogen) atoms. The molecule has 0 heterocycles. The van der Waals surface area contributed by atoms with Crippen LogP contribution in [0.3, 0.4) is 0 Å². The van der Waals surface area contributed by atoms with Crippen LogP contribution in [0.2, 0.25) is 0 Å². The van der Waals surface area contributed by atoms with Crippen LogP contribution in [0.15, 0.2) is 60.7 Å². The highest BCUT2D eigenvalue weighted by molar-refractivity contribution is 5.93. The lowest BCUT2D eigenvalue weighted by Crippen LogP contribution is -2.30. The minimum Gasteiger partial charge on any atom is -0.271 e. The van der Waals surface area contributed by atoms with E-state index in [-0.39, 0.29) is 5.91 Å². The highest BCUT2D eigenvalue weighted by Gasteiger charge is 2.16. The van der Waals surface area contributed by atoms with E-state index in [0.29, 0.717) is 18.7 Å². The molecule has 2 aromatic rings. The van der Waals surface area contributed by atoms with E-state index >= 15 is 0 Å². The zero-order chi connectivity index (χ0) is 20.7. The van der Waals surface area contributed by atoms with Crippen LogP contribution in [0.5, 0.6) is 0 Å². The second-order valence-corrected chi connectivity index (χ2v) is 7.33. The van der Waals surface area contributed by atoms with Gasteiger partial charge in [0.15, 0.2) is 0 Å². The van der Waals surface area contributed by atoms with Crippen LogP contribution in [0, 0.1) is 0 Å². The predicted octanol–water partition coefficient (Wildman–Crippen LogP) is 7.04. The summed E-state index contributed by atoms with van der Waals surface area (Å²) < 4.78 is 0. The van der Waals surface area contributed by atoms with Gasteiger partial charge in [0.2, 0.25) is 0 Å². The summed E-state index contributed by atoms with van der Waals surface area (Å²) in [6.45, 7) is 5.04. The zero-order valence-electron chi connectivity index (χ0n) is 18.0. The lowest BCUT2D eigenvalue weighted by Gasteiger charge is -2.21. The van der Waals surface area contributed by atoms with Crippen LogP contribution in [-0.4, -0.2) is 17.6 Å². The van der Waals surface area contributed by atoms with Crippen molar-refractivity contribution in [2.24, 2.45) is 0 Å². The summed E-state index contributed by atoms with van der Waals surface area (Å²) in [7, 11) is 0. The van der Waals surface area contributed by atoms with Gasteiger partial charge >= 0.3 is 0 Å². The van der Waals surface area contributed by atoms with Gasteiger partial charge in [0, 0.05) is 5.56 Å². The van der Waals surface area contributed by atoms with E-state index in [1.54, 1.807) is 0 Å². The molecule has 0 unspecified atom stereocenters. The fourth-order valence-electron chi connectivity index (χ4n) is 3.22. The first-order valence-electron chi connectivity index (χ1n) is 11.0. The van der Waals surface area contributed by atoms with E-state index in [1.807, 2.05) is 61.5 Å². The smallest absolute Gasteiger partial charge is 0.271 e. The molecule has 0 aliphatic carbocycles. The molecule has 3 nitrogen and oxygen atoms in total. The molecule has 0 spiro atoms. The minimum atomic E-state index is -0.113. The number of carbonyl (C=O) groups is 1. The Morgan fingerprint density at radius 2 is 1.59 bits per heavy atom. The Kier molecular flexibility index (Phi) is 10.8. The Balaban J connectivity index is 1.85. The van der Waals surface area contributed by atoms with Crippen molar-refractivity contribution in [3.63, 3.8) is 0 Å². The topological polar surface area (TPSA) is 29.5 Å². The van der Waals surface area contributed by atoms with Gasteiger partial charge in [-0.3, -0.25) is 9.63 Å². The normalized spacial score (nSPS) is 11.1. The summed E-state index contributed by atoms with van der Waals surface area (Å²) in [5.41, 5.74) is 2.81. The Bertz CT molecular complexity index is 722. The molecule has 0 saturated carbocycles. The first-order chi connectivity index (χ1) is 14.2. The number of amides is 1. The minimum absolute atomic E-state index is 0.113. The van der Waals surface area contributed by atoms with Crippen LogP contribution in [0.25, 0.3) is 6.08 Å². The summed E-state index contributed by atoms with van der Waals surface area (Å²) in [5, 5.41) is 1.44. The van der Waals surface area contributed by atoms with Crippen molar-refractivity contribution in [1.29, 1.82) is 0 Å². The summed E-state index contributed by atoms with van der Waals surface area (Å²) >= 11 is 0. The third-order valence-electron chi connectivity index (χ3n) is 4.87. The van der Waals surface area contributed by atoms with Gasteiger partial charge in [-0.05, 0) is 43.0 Å². The van der Waals surface area contributed by atoms with Crippen molar-refractivity contribution in [2.45, 2.75) is 65.3 Å². The van der Waals surface area contributed by atoms with Crippen LogP contribution >= 0.6 is 0 Å². The molecular formula is C26H35NO2. The Hall–Kier alpha value is -2.39. The molecule has 0 aromatic heterocycles. The van der Waals surface area contributed by atoms with Crippen molar-refractivity contribution in [1.82, 2.24) is 5.06 Å². The second kappa shape index (κ2) is 13.7. The van der Waals surface area contributed by atoms with E-state index in [9.17, 15) is 4.79 Å². The van der Waals surface area contributed by atoms with Gasteiger partial charge in [0.1, 0.15) is 0 Å². The number of unbranched alkanes of at least 4 members (excludes halogenated alkanes) is 6. The number of benzene rings is 2. The molecule has 156 valence electrons. The first kappa shape index (κ1) is 22.9. The van der Waals surface area contributed by atoms with Crippen molar-refractivity contribution < 1.29 is 9.63 Å². The number of hydroxylamine groups is 2. The number of carbonyl (C=O) groups excluding carboxylic acids is 1. The van der Waals surface area contributed by atoms with Gasteiger partial charge in [0.05, 0.1) is 13.2 Å². The Morgan fingerprint density at radius 1 is 0.897 bits per heavy atom. The largest absolute Gasteiger partial charge is 0.277 e. The predicted molar refractivity (Wildman–Crippen MR) is 121 cm³/mol. The van der Waals surface area contributed by atoms with Gasteiger partial charge in [-0.2, -0.15) is 0 Å². The standard InChI is InChI=1S/C26H35NO2/c1-3-5-6-7-8-9-10-12-15-23-18-20-25(21-19-23)26(28)27(29-4-2)22-24-16-13-11-14-17-24/h11-21H,3-10,22H2,1-2H3. The monoisotopic (exact) mass is 393 g/mol. The molecule has 0 N–H and O–H groups in total. The van der Waals surface area contributed by atoms with Gasteiger partial charge in [-0.25, -0.2) is 5.06 Å². The van der Waals surface area contributed by atoms with E-state index in [2.05, 4.69) is 19.1 Å². The maximum Gasteiger partial charge on any atom is 0.277 e. The van der Waals surface area contributed by atoms with E-state index in [4.69, 9.17) is 4.84 Å². The number of allylic oxidation sites excluding steroid dienone is 1. The number of hydrogen-bond donors (Lipinski definition) is 0. The number of rotatable bonds is 13. The van der Waals surface area contributed by atoms with Gasteiger partial charge in [-0.1, -0.05) is 93.6 Å². The molecule has 2 aromatic carbocycles. The molecule has 3 heteroatoms. The van der Waals surface area contributed by atoms with E-state index < -0.39 is 0 Å². The number of nitrogens with zero attached hydrogens (tertiary/aromatic N) is 1. The molecule has 0 saturated heterocycles.